The van der Waals surface area contributed by atoms with Gasteiger partial charge in [-0.15, -0.1) is 22.7 Å². The SMILES string of the molecule is N#Cc1ccccc1-c1ccc(-c2cc(-c3ccc4sc5ccccc5c4c3)cc(-c3ccc4sc5ccccc5c4c3)c2)cc1. The molecule has 2 heterocycles. The van der Waals surface area contributed by atoms with Crippen molar-refractivity contribution in [3.05, 3.63) is 157 Å². The number of rotatable bonds is 4. The quantitative estimate of drug-likeness (QED) is 0.192. The van der Waals surface area contributed by atoms with Crippen LogP contribution in [0.25, 0.3) is 84.9 Å². The Hall–Kier alpha value is -5.53. The van der Waals surface area contributed by atoms with Crippen molar-refractivity contribution in [3.63, 3.8) is 0 Å². The average Bonchev–Trinajstić information content (AvgIpc) is 3.69. The largest absolute Gasteiger partial charge is 0.192 e. The van der Waals surface area contributed by atoms with Gasteiger partial charge in [-0.05, 0) is 105 Å². The van der Waals surface area contributed by atoms with Crippen molar-refractivity contribution in [2.45, 2.75) is 0 Å². The predicted molar refractivity (Wildman–Crippen MR) is 199 cm³/mol. The van der Waals surface area contributed by atoms with E-state index in [2.05, 4.69) is 133 Å². The van der Waals surface area contributed by atoms with E-state index in [4.69, 9.17) is 0 Å². The fraction of sp³-hybridized carbons (Fsp3) is 0. The lowest BCUT2D eigenvalue weighted by atomic mass is 9.91. The molecule has 7 aromatic carbocycles. The molecule has 1 nitrogen and oxygen atoms in total. The van der Waals surface area contributed by atoms with Gasteiger partial charge in [-0.25, -0.2) is 0 Å². The van der Waals surface area contributed by atoms with Crippen molar-refractivity contribution >= 4 is 63.0 Å². The molecule has 0 atom stereocenters. The van der Waals surface area contributed by atoms with Gasteiger partial charge in [0.25, 0.3) is 0 Å². The minimum Gasteiger partial charge on any atom is -0.192 e. The van der Waals surface area contributed by atoms with Gasteiger partial charge in [0.05, 0.1) is 11.6 Å². The van der Waals surface area contributed by atoms with Gasteiger partial charge in [0.1, 0.15) is 0 Å². The number of thiophene rings is 2. The molecule has 0 aliphatic rings. The Morgan fingerprint density at radius 1 is 0.348 bits per heavy atom. The van der Waals surface area contributed by atoms with E-state index in [0.717, 1.165) is 22.3 Å². The van der Waals surface area contributed by atoms with Crippen LogP contribution in [0.5, 0.6) is 0 Å². The molecule has 0 unspecified atom stereocenters. The van der Waals surface area contributed by atoms with Crippen LogP contribution in [0, 0.1) is 11.3 Å². The molecule has 46 heavy (non-hydrogen) atoms. The normalized spacial score (nSPS) is 11.5. The van der Waals surface area contributed by atoms with Crippen LogP contribution in [0.1, 0.15) is 5.56 Å². The van der Waals surface area contributed by atoms with Crippen molar-refractivity contribution in [3.8, 4) is 50.6 Å². The van der Waals surface area contributed by atoms with Gasteiger partial charge in [-0.3, -0.25) is 0 Å². The predicted octanol–water partition coefficient (Wildman–Crippen LogP) is 13.0. The lowest BCUT2D eigenvalue weighted by molar-refractivity contribution is 1.48. The minimum absolute atomic E-state index is 0.687. The summed E-state index contributed by atoms with van der Waals surface area (Å²) in [6.07, 6.45) is 0. The highest BCUT2D eigenvalue weighted by atomic mass is 32.1. The molecule has 0 saturated heterocycles. The molecule has 0 saturated carbocycles. The van der Waals surface area contributed by atoms with Crippen molar-refractivity contribution < 1.29 is 0 Å². The molecule has 0 radical (unpaired) electrons. The highest BCUT2D eigenvalue weighted by Crippen LogP contribution is 2.41. The zero-order valence-electron chi connectivity index (χ0n) is 24.7. The second-order valence-electron chi connectivity index (χ2n) is 11.7. The Kier molecular flexibility index (Phi) is 6.31. The fourth-order valence-electron chi connectivity index (χ4n) is 6.61. The maximum Gasteiger partial charge on any atom is 0.0998 e. The summed E-state index contributed by atoms with van der Waals surface area (Å²) < 4.78 is 5.26. The molecule has 9 aromatic rings. The van der Waals surface area contributed by atoms with Gasteiger partial charge >= 0.3 is 0 Å². The first-order valence-corrected chi connectivity index (χ1v) is 16.9. The summed E-state index contributed by atoms with van der Waals surface area (Å²) in [5.41, 5.74) is 9.80. The van der Waals surface area contributed by atoms with Crippen LogP contribution in [0.2, 0.25) is 0 Å². The van der Waals surface area contributed by atoms with E-state index in [1.807, 2.05) is 46.9 Å². The van der Waals surface area contributed by atoms with Crippen molar-refractivity contribution in [2.75, 3.05) is 0 Å². The second kappa shape index (κ2) is 10.8. The molecule has 0 aliphatic carbocycles. The zero-order chi connectivity index (χ0) is 30.6. The van der Waals surface area contributed by atoms with Crippen LogP contribution in [0.4, 0.5) is 0 Å². The maximum absolute atomic E-state index is 9.66. The summed E-state index contributed by atoms with van der Waals surface area (Å²) in [5, 5.41) is 14.9. The minimum atomic E-state index is 0.687. The molecule has 0 spiro atoms. The van der Waals surface area contributed by atoms with Gasteiger partial charge in [0, 0.05) is 40.3 Å². The fourth-order valence-corrected chi connectivity index (χ4v) is 8.79. The number of fused-ring (bicyclic) bond motifs is 6. The average molecular weight is 620 g/mol. The third-order valence-corrected chi connectivity index (χ3v) is 11.2. The van der Waals surface area contributed by atoms with Crippen molar-refractivity contribution in [2.24, 2.45) is 0 Å². The molecule has 0 bridgehead atoms. The number of nitriles is 1. The van der Waals surface area contributed by atoms with Gasteiger partial charge in [-0.2, -0.15) is 5.26 Å². The molecule has 0 amide bonds. The summed E-state index contributed by atoms with van der Waals surface area (Å²) in [7, 11) is 0. The lowest BCUT2D eigenvalue weighted by Crippen LogP contribution is -1.88. The first-order chi connectivity index (χ1) is 22.7. The van der Waals surface area contributed by atoms with Crippen LogP contribution in [0.15, 0.2) is 152 Å². The van der Waals surface area contributed by atoms with Gasteiger partial charge in [0.15, 0.2) is 0 Å². The molecule has 9 rings (SSSR count). The van der Waals surface area contributed by atoms with E-state index >= 15 is 0 Å². The van der Waals surface area contributed by atoms with Gasteiger partial charge < -0.3 is 0 Å². The molecule has 2 aromatic heterocycles. The van der Waals surface area contributed by atoms with Crippen LogP contribution in [-0.2, 0) is 0 Å². The lowest BCUT2D eigenvalue weighted by Gasteiger charge is -2.13. The molecule has 0 N–H and O–H groups in total. The number of hydrogen-bond acceptors (Lipinski definition) is 3. The Balaban J connectivity index is 1.22. The summed E-state index contributed by atoms with van der Waals surface area (Å²) >= 11 is 3.70. The first-order valence-electron chi connectivity index (χ1n) is 15.3. The Morgan fingerprint density at radius 3 is 1.35 bits per heavy atom. The smallest absolute Gasteiger partial charge is 0.0998 e. The van der Waals surface area contributed by atoms with E-state index in [-0.39, 0.29) is 0 Å². The summed E-state index contributed by atoms with van der Waals surface area (Å²) in [6, 6.07) is 56.9. The highest BCUT2D eigenvalue weighted by Gasteiger charge is 2.13. The molecule has 214 valence electrons. The topological polar surface area (TPSA) is 23.8 Å². The standard InChI is InChI=1S/C43H25NS2/c44-26-31-7-1-2-8-35(31)28-15-13-27(14-16-28)32-21-33(29-17-19-42-38(24-29)36-9-3-5-11-40(36)45-42)23-34(22-32)30-18-20-43-39(25-30)37-10-4-6-12-41(37)46-43/h1-25H. The van der Waals surface area contributed by atoms with Crippen LogP contribution >= 0.6 is 22.7 Å². The van der Waals surface area contributed by atoms with E-state index < -0.39 is 0 Å². The first kappa shape index (κ1) is 26.8. The van der Waals surface area contributed by atoms with Crippen LogP contribution in [-0.4, -0.2) is 0 Å². The van der Waals surface area contributed by atoms with Gasteiger partial charge in [0.2, 0.25) is 0 Å². The van der Waals surface area contributed by atoms with Crippen LogP contribution < -0.4 is 0 Å². The molecule has 0 fully saturated rings. The third kappa shape index (κ3) is 4.51. The summed E-state index contributed by atoms with van der Waals surface area (Å²) in [5.74, 6) is 0. The maximum atomic E-state index is 9.66. The van der Waals surface area contributed by atoms with E-state index in [1.165, 1.54) is 62.6 Å². The Bertz CT molecular complexity index is 2520. The number of hydrogen-bond donors (Lipinski definition) is 0. The van der Waals surface area contributed by atoms with E-state index in [1.54, 1.807) is 0 Å². The molecular weight excluding hydrogens is 595 g/mol. The zero-order valence-corrected chi connectivity index (χ0v) is 26.3. The Labute approximate surface area is 274 Å². The second-order valence-corrected chi connectivity index (χ2v) is 13.8. The summed E-state index contributed by atoms with van der Waals surface area (Å²) in [4.78, 5) is 0. The Morgan fingerprint density at radius 2 is 0.783 bits per heavy atom. The van der Waals surface area contributed by atoms with Crippen molar-refractivity contribution in [1.29, 1.82) is 5.26 Å². The van der Waals surface area contributed by atoms with Crippen LogP contribution in [0.3, 0.4) is 0 Å². The number of benzene rings is 7. The van der Waals surface area contributed by atoms with E-state index in [0.29, 0.717) is 5.56 Å². The number of nitrogens with zero attached hydrogens (tertiary/aromatic N) is 1. The van der Waals surface area contributed by atoms with E-state index in [9.17, 15) is 5.26 Å². The molecule has 3 heteroatoms. The third-order valence-electron chi connectivity index (χ3n) is 8.93. The molecule has 0 aliphatic heterocycles. The van der Waals surface area contributed by atoms with Gasteiger partial charge in [-0.1, -0.05) is 91.0 Å². The highest BCUT2D eigenvalue weighted by molar-refractivity contribution is 7.26. The monoisotopic (exact) mass is 619 g/mol. The van der Waals surface area contributed by atoms with Crippen molar-refractivity contribution in [1.82, 2.24) is 0 Å². The molecular formula is C43H25NS2. The summed E-state index contributed by atoms with van der Waals surface area (Å²) in [6.45, 7) is 0.